The molecule has 1 aromatic carbocycles. The van der Waals surface area contributed by atoms with E-state index in [2.05, 4.69) is 48.2 Å². The highest BCUT2D eigenvalue weighted by Crippen LogP contribution is 2.32. The van der Waals surface area contributed by atoms with Crippen LogP contribution in [-0.2, 0) is 11.2 Å². The van der Waals surface area contributed by atoms with Crippen molar-refractivity contribution in [3.63, 3.8) is 0 Å². The molecule has 19 heavy (non-hydrogen) atoms. The summed E-state index contributed by atoms with van der Waals surface area (Å²) in [5.74, 6) is 0.333. The van der Waals surface area contributed by atoms with Gasteiger partial charge in [-0.05, 0) is 43.7 Å². The van der Waals surface area contributed by atoms with Crippen molar-refractivity contribution in [3.05, 3.63) is 47.5 Å². The number of carbonyl (C=O) groups excluding carboxylic acids is 1. The number of nitrogens with zero attached hydrogens (tertiary/aromatic N) is 1. The summed E-state index contributed by atoms with van der Waals surface area (Å²) in [6, 6.07) is 9.21. The molecule has 2 bridgehead atoms. The van der Waals surface area contributed by atoms with Crippen molar-refractivity contribution in [2.24, 2.45) is 0 Å². The zero-order valence-electron chi connectivity index (χ0n) is 11.5. The van der Waals surface area contributed by atoms with Crippen LogP contribution in [0.1, 0.15) is 36.8 Å². The van der Waals surface area contributed by atoms with Gasteiger partial charge in [-0.3, -0.25) is 4.79 Å². The molecule has 2 aliphatic rings. The molecule has 1 amide bonds. The van der Waals surface area contributed by atoms with Crippen molar-refractivity contribution in [1.29, 1.82) is 0 Å². The van der Waals surface area contributed by atoms with Gasteiger partial charge < -0.3 is 4.90 Å². The number of hydrogen-bond donors (Lipinski definition) is 0. The maximum atomic E-state index is 12.4. The molecule has 0 saturated carbocycles. The Morgan fingerprint density at radius 1 is 1.32 bits per heavy atom. The highest BCUT2D eigenvalue weighted by atomic mass is 16.2. The minimum Gasteiger partial charge on any atom is -0.333 e. The lowest BCUT2D eigenvalue weighted by Gasteiger charge is -2.31. The van der Waals surface area contributed by atoms with Crippen LogP contribution in [0.4, 0.5) is 0 Å². The van der Waals surface area contributed by atoms with Gasteiger partial charge >= 0.3 is 0 Å². The van der Waals surface area contributed by atoms with E-state index >= 15 is 0 Å². The van der Waals surface area contributed by atoms with Crippen LogP contribution in [-0.4, -0.2) is 22.9 Å². The highest BCUT2D eigenvalue weighted by molar-refractivity contribution is 5.78. The summed E-state index contributed by atoms with van der Waals surface area (Å²) < 4.78 is 0. The summed E-state index contributed by atoms with van der Waals surface area (Å²) in [5, 5.41) is 0. The molecule has 2 unspecified atom stereocenters. The van der Waals surface area contributed by atoms with Gasteiger partial charge in [0, 0.05) is 12.5 Å². The highest BCUT2D eigenvalue weighted by Gasteiger charge is 2.36. The van der Waals surface area contributed by atoms with Gasteiger partial charge in [-0.1, -0.05) is 36.4 Å². The number of benzene rings is 1. The maximum absolute atomic E-state index is 12.4. The first kappa shape index (κ1) is 12.5. The summed E-state index contributed by atoms with van der Waals surface area (Å²) in [4.78, 5) is 14.6. The quantitative estimate of drug-likeness (QED) is 0.759. The molecule has 2 heteroatoms. The van der Waals surface area contributed by atoms with E-state index in [0.717, 1.165) is 19.3 Å². The summed E-state index contributed by atoms with van der Waals surface area (Å²) >= 11 is 0. The normalized spacial score (nSPS) is 24.8. The largest absolute Gasteiger partial charge is 0.333 e. The van der Waals surface area contributed by atoms with Crippen LogP contribution in [0, 0.1) is 6.92 Å². The molecular weight excluding hydrogens is 234 g/mol. The fourth-order valence-corrected chi connectivity index (χ4v) is 3.38. The lowest BCUT2D eigenvalue weighted by atomic mass is 10.0. The van der Waals surface area contributed by atoms with E-state index < -0.39 is 0 Å². The second-order valence-electron chi connectivity index (χ2n) is 5.69. The molecule has 2 atom stereocenters. The minimum atomic E-state index is 0.333. The van der Waals surface area contributed by atoms with Crippen molar-refractivity contribution in [3.8, 4) is 0 Å². The summed E-state index contributed by atoms with van der Waals surface area (Å²) in [6.45, 7) is 2.12. The SMILES string of the molecule is Cc1ccccc1CCC(=O)N1C2C=CCC1CC2. The number of carbonyl (C=O) groups is 1. The van der Waals surface area contributed by atoms with Gasteiger partial charge in [-0.2, -0.15) is 0 Å². The Bertz CT molecular complexity index is 506. The number of amides is 1. The average molecular weight is 255 g/mol. The molecule has 0 aliphatic carbocycles. The fraction of sp³-hybridized carbons (Fsp3) is 0.471. The first-order chi connectivity index (χ1) is 9.25. The van der Waals surface area contributed by atoms with Gasteiger partial charge in [0.15, 0.2) is 0 Å². The molecule has 1 aromatic rings. The Morgan fingerprint density at radius 3 is 2.95 bits per heavy atom. The molecule has 0 spiro atoms. The van der Waals surface area contributed by atoms with Gasteiger partial charge in [-0.25, -0.2) is 0 Å². The molecule has 2 aliphatic heterocycles. The molecular formula is C17H21NO. The third-order valence-corrected chi connectivity index (χ3v) is 4.47. The lowest BCUT2D eigenvalue weighted by molar-refractivity contribution is -0.133. The van der Waals surface area contributed by atoms with Crippen molar-refractivity contribution < 1.29 is 4.79 Å². The molecule has 1 saturated heterocycles. The van der Waals surface area contributed by atoms with E-state index in [0.29, 0.717) is 24.4 Å². The molecule has 0 N–H and O–H groups in total. The lowest BCUT2D eigenvalue weighted by Crippen LogP contribution is -2.42. The predicted octanol–water partition coefficient (Wildman–Crippen LogP) is 3.25. The van der Waals surface area contributed by atoms with Gasteiger partial charge in [-0.15, -0.1) is 0 Å². The van der Waals surface area contributed by atoms with E-state index in [9.17, 15) is 4.79 Å². The van der Waals surface area contributed by atoms with Crippen molar-refractivity contribution in [2.45, 2.75) is 51.1 Å². The van der Waals surface area contributed by atoms with E-state index in [1.54, 1.807) is 0 Å². The molecule has 1 fully saturated rings. The fourth-order valence-electron chi connectivity index (χ4n) is 3.38. The standard InChI is InChI=1S/C17H21NO/c1-13-5-2-3-6-14(13)9-12-17(19)18-15-7-4-8-16(18)11-10-15/h2-7,15-16H,8-12H2,1H3. The topological polar surface area (TPSA) is 20.3 Å². The Morgan fingerprint density at radius 2 is 2.16 bits per heavy atom. The summed E-state index contributed by atoms with van der Waals surface area (Å²) in [5.41, 5.74) is 2.59. The third-order valence-electron chi connectivity index (χ3n) is 4.47. The van der Waals surface area contributed by atoms with Crippen LogP contribution in [0.2, 0.25) is 0 Å². The second kappa shape index (κ2) is 5.20. The van der Waals surface area contributed by atoms with Crippen LogP contribution >= 0.6 is 0 Å². The molecule has 100 valence electrons. The van der Waals surface area contributed by atoms with Crippen molar-refractivity contribution in [1.82, 2.24) is 4.90 Å². The zero-order chi connectivity index (χ0) is 13.2. The molecule has 0 aromatic heterocycles. The van der Waals surface area contributed by atoms with Crippen LogP contribution in [0.25, 0.3) is 0 Å². The molecule has 3 rings (SSSR count). The van der Waals surface area contributed by atoms with Crippen LogP contribution in [0.5, 0.6) is 0 Å². The number of aryl methyl sites for hydroxylation is 2. The zero-order valence-corrected chi connectivity index (χ0v) is 11.5. The van der Waals surface area contributed by atoms with Gasteiger partial charge in [0.1, 0.15) is 0 Å². The summed E-state index contributed by atoms with van der Waals surface area (Å²) in [6.07, 6.45) is 9.34. The number of fused-ring (bicyclic) bond motifs is 2. The van der Waals surface area contributed by atoms with Crippen LogP contribution in [0.3, 0.4) is 0 Å². The second-order valence-corrected chi connectivity index (χ2v) is 5.69. The Labute approximate surface area is 115 Å². The number of hydrogen-bond acceptors (Lipinski definition) is 1. The maximum Gasteiger partial charge on any atom is 0.223 e. The molecule has 0 radical (unpaired) electrons. The smallest absolute Gasteiger partial charge is 0.223 e. The van der Waals surface area contributed by atoms with E-state index in [1.807, 2.05) is 0 Å². The Balaban J connectivity index is 1.63. The minimum absolute atomic E-state index is 0.333. The third kappa shape index (κ3) is 2.44. The Hall–Kier alpha value is -1.57. The van der Waals surface area contributed by atoms with Gasteiger partial charge in [0.2, 0.25) is 5.91 Å². The predicted molar refractivity (Wildman–Crippen MR) is 76.9 cm³/mol. The van der Waals surface area contributed by atoms with Gasteiger partial charge in [0.05, 0.1) is 6.04 Å². The van der Waals surface area contributed by atoms with E-state index in [-0.39, 0.29) is 0 Å². The van der Waals surface area contributed by atoms with E-state index in [4.69, 9.17) is 0 Å². The summed E-state index contributed by atoms with van der Waals surface area (Å²) in [7, 11) is 0. The van der Waals surface area contributed by atoms with Crippen molar-refractivity contribution >= 4 is 5.91 Å². The van der Waals surface area contributed by atoms with Crippen molar-refractivity contribution in [2.75, 3.05) is 0 Å². The average Bonchev–Trinajstić information content (AvgIpc) is 2.67. The molecule has 2 heterocycles. The van der Waals surface area contributed by atoms with Crippen LogP contribution < -0.4 is 0 Å². The Kier molecular flexibility index (Phi) is 3.41. The first-order valence-corrected chi connectivity index (χ1v) is 7.28. The monoisotopic (exact) mass is 255 g/mol. The number of rotatable bonds is 3. The first-order valence-electron chi connectivity index (χ1n) is 7.28. The van der Waals surface area contributed by atoms with Gasteiger partial charge in [0.25, 0.3) is 0 Å². The molecule has 2 nitrogen and oxygen atoms in total. The van der Waals surface area contributed by atoms with E-state index in [1.165, 1.54) is 17.5 Å². The van der Waals surface area contributed by atoms with Crippen LogP contribution in [0.15, 0.2) is 36.4 Å².